The topological polar surface area (TPSA) is 60.8 Å². The summed E-state index contributed by atoms with van der Waals surface area (Å²) in [6.45, 7) is 7.79. The normalized spacial score (nSPS) is 15.6. The number of nitrogens with zero attached hydrogens (tertiary/aromatic N) is 1. The summed E-state index contributed by atoms with van der Waals surface area (Å²) in [5.74, 6) is -0.219. The molecule has 1 aromatic carbocycles. The van der Waals surface area contributed by atoms with Gasteiger partial charge in [0.25, 0.3) is 5.91 Å². The van der Waals surface area contributed by atoms with Gasteiger partial charge in [0.2, 0.25) is 0 Å². The van der Waals surface area contributed by atoms with Crippen LogP contribution in [0.15, 0.2) is 24.3 Å². The number of hydrogen-bond donors (Lipinski definition) is 2. The third kappa shape index (κ3) is 4.99. The first-order chi connectivity index (χ1) is 9.73. The molecule has 2 N–H and O–H groups in total. The summed E-state index contributed by atoms with van der Waals surface area (Å²) in [4.78, 5) is 14.0. The van der Waals surface area contributed by atoms with Gasteiger partial charge in [-0.15, -0.1) is 0 Å². The van der Waals surface area contributed by atoms with Gasteiger partial charge in [-0.3, -0.25) is 4.79 Å². The monoisotopic (exact) mass is 313 g/mol. The number of carbonyl (C=O) groups excluding carboxylic acids is 1. The molecule has 0 fully saturated rings. The molecular formula is C16H24ClNO3. The van der Waals surface area contributed by atoms with E-state index in [1.165, 1.54) is 6.92 Å². The lowest BCUT2D eigenvalue weighted by molar-refractivity contribution is -0.148. The van der Waals surface area contributed by atoms with Gasteiger partial charge < -0.3 is 15.1 Å². The summed E-state index contributed by atoms with van der Waals surface area (Å²) >= 11 is 6.00. The Kier molecular flexibility index (Phi) is 6.65. The molecule has 0 radical (unpaired) electrons. The minimum atomic E-state index is -1.41. The van der Waals surface area contributed by atoms with E-state index in [0.29, 0.717) is 11.6 Å². The molecule has 0 aliphatic rings. The lowest BCUT2D eigenvalue weighted by atomic mass is 10.0. The SMILES string of the molecule is CC(C)CN(C(=O)[C@H](O)C(C)O)C(C)c1cccc(Cl)c1. The Balaban J connectivity index is 3.04. The smallest absolute Gasteiger partial charge is 0.254 e. The van der Waals surface area contributed by atoms with Crippen LogP contribution in [0.25, 0.3) is 0 Å². The molecule has 4 nitrogen and oxygen atoms in total. The number of hydrogen-bond acceptors (Lipinski definition) is 3. The van der Waals surface area contributed by atoms with Crippen molar-refractivity contribution in [3.05, 3.63) is 34.9 Å². The molecule has 0 aromatic heterocycles. The van der Waals surface area contributed by atoms with Crippen molar-refractivity contribution in [3.8, 4) is 0 Å². The molecule has 1 amide bonds. The molecule has 0 spiro atoms. The third-order valence-electron chi connectivity index (χ3n) is 3.35. The summed E-state index contributed by atoms with van der Waals surface area (Å²) in [5.41, 5.74) is 0.897. The van der Waals surface area contributed by atoms with Gasteiger partial charge in [0, 0.05) is 11.6 Å². The highest BCUT2D eigenvalue weighted by Gasteiger charge is 2.30. The Hall–Kier alpha value is -1.10. The fourth-order valence-electron chi connectivity index (χ4n) is 2.15. The molecular weight excluding hydrogens is 290 g/mol. The Morgan fingerprint density at radius 2 is 1.86 bits per heavy atom. The van der Waals surface area contributed by atoms with Crippen LogP contribution in [-0.2, 0) is 4.79 Å². The van der Waals surface area contributed by atoms with E-state index in [0.717, 1.165) is 5.56 Å². The minimum Gasteiger partial charge on any atom is -0.390 e. The summed E-state index contributed by atoms with van der Waals surface area (Å²) < 4.78 is 0. The molecule has 0 aliphatic carbocycles. The molecule has 0 saturated carbocycles. The van der Waals surface area contributed by atoms with Crippen LogP contribution in [0.1, 0.15) is 39.3 Å². The summed E-state index contributed by atoms with van der Waals surface area (Å²) in [5, 5.41) is 19.9. The highest BCUT2D eigenvalue weighted by Crippen LogP contribution is 2.25. The van der Waals surface area contributed by atoms with Crippen LogP contribution >= 0.6 is 11.6 Å². The molecule has 21 heavy (non-hydrogen) atoms. The van der Waals surface area contributed by atoms with Crippen LogP contribution in [-0.4, -0.2) is 39.8 Å². The number of aliphatic hydroxyl groups excluding tert-OH is 2. The molecule has 1 aromatic rings. The molecule has 2 unspecified atom stereocenters. The zero-order chi connectivity index (χ0) is 16.2. The summed E-state index contributed by atoms with van der Waals surface area (Å²) in [6.07, 6.45) is -2.51. The van der Waals surface area contributed by atoms with Crippen molar-refractivity contribution in [3.63, 3.8) is 0 Å². The molecule has 118 valence electrons. The second-order valence-electron chi connectivity index (χ2n) is 5.80. The van der Waals surface area contributed by atoms with Crippen molar-refractivity contribution in [2.24, 2.45) is 5.92 Å². The highest BCUT2D eigenvalue weighted by atomic mass is 35.5. The van der Waals surface area contributed by atoms with Gasteiger partial charge in [-0.25, -0.2) is 0 Å². The maximum atomic E-state index is 12.4. The standard InChI is InChI=1S/C16H24ClNO3/c1-10(2)9-18(16(21)15(20)12(4)19)11(3)13-6-5-7-14(17)8-13/h5-8,10-12,15,19-20H,9H2,1-4H3/t11?,12?,15-/m1/s1. The zero-order valence-electron chi connectivity index (χ0n) is 13.0. The molecule has 0 saturated heterocycles. The molecule has 3 atom stereocenters. The first-order valence-corrected chi connectivity index (χ1v) is 7.54. The number of aliphatic hydroxyl groups is 2. The number of amides is 1. The second-order valence-corrected chi connectivity index (χ2v) is 6.24. The van der Waals surface area contributed by atoms with Crippen molar-refractivity contribution in [1.29, 1.82) is 0 Å². The average molecular weight is 314 g/mol. The minimum absolute atomic E-state index is 0.230. The average Bonchev–Trinajstić information content (AvgIpc) is 2.42. The number of halogens is 1. The van der Waals surface area contributed by atoms with Gasteiger partial charge in [0.05, 0.1) is 12.1 Å². The van der Waals surface area contributed by atoms with Crippen LogP contribution in [0.2, 0.25) is 5.02 Å². The van der Waals surface area contributed by atoms with Gasteiger partial charge in [-0.05, 0) is 37.5 Å². The number of benzene rings is 1. The van der Waals surface area contributed by atoms with E-state index >= 15 is 0 Å². The fraction of sp³-hybridized carbons (Fsp3) is 0.562. The van der Waals surface area contributed by atoms with E-state index in [4.69, 9.17) is 11.6 Å². The number of carbonyl (C=O) groups is 1. The van der Waals surface area contributed by atoms with Crippen molar-refractivity contribution < 1.29 is 15.0 Å². The molecule has 5 heteroatoms. The molecule has 0 heterocycles. The summed E-state index contributed by atoms with van der Waals surface area (Å²) in [7, 11) is 0. The van der Waals surface area contributed by atoms with Gasteiger partial charge in [-0.1, -0.05) is 37.6 Å². The zero-order valence-corrected chi connectivity index (χ0v) is 13.7. The quantitative estimate of drug-likeness (QED) is 0.848. The van der Waals surface area contributed by atoms with E-state index < -0.39 is 18.1 Å². The van der Waals surface area contributed by atoms with Crippen molar-refractivity contribution >= 4 is 17.5 Å². The van der Waals surface area contributed by atoms with E-state index in [2.05, 4.69) is 0 Å². The van der Waals surface area contributed by atoms with E-state index in [-0.39, 0.29) is 12.0 Å². The van der Waals surface area contributed by atoms with Crippen LogP contribution in [0.5, 0.6) is 0 Å². The second kappa shape index (κ2) is 7.78. The Bertz CT molecular complexity index is 476. The van der Waals surface area contributed by atoms with Crippen molar-refractivity contribution in [1.82, 2.24) is 4.90 Å². The lowest BCUT2D eigenvalue weighted by Gasteiger charge is -2.33. The van der Waals surface area contributed by atoms with Crippen molar-refractivity contribution in [2.75, 3.05) is 6.54 Å². The van der Waals surface area contributed by atoms with Crippen LogP contribution < -0.4 is 0 Å². The first-order valence-electron chi connectivity index (χ1n) is 7.16. The van der Waals surface area contributed by atoms with E-state index in [9.17, 15) is 15.0 Å². The molecule has 0 aliphatic heterocycles. The maximum Gasteiger partial charge on any atom is 0.254 e. The predicted octanol–water partition coefficient (Wildman–Crippen LogP) is 2.63. The first kappa shape index (κ1) is 18.0. The maximum absolute atomic E-state index is 12.4. The predicted molar refractivity (Wildman–Crippen MR) is 84.1 cm³/mol. The number of rotatable bonds is 6. The Morgan fingerprint density at radius 1 is 1.24 bits per heavy atom. The van der Waals surface area contributed by atoms with Gasteiger partial charge in [0.15, 0.2) is 6.10 Å². The fourth-order valence-corrected chi connectivity index (χ4v) is 2.35. The van der Waals surface area contributed by atoms with Crippen molar-refractivity contribution in [2.45, 2.75) is 45.9 Å². The Morgan fingerprint density at radius 3 is 2.33 bits per heavy atom. The largest absolute Gasteiger partial charge is 0.390 e. The van der Waals surface area contributed by atoms with E-state index in [1.807, 2.05) is 39.0 Å². The Labute approximate surface area is 131 Å². The van der Waals surface area contributed by atoms with Gasteiger partial charge >= 0.3 is 0 Å². The van der Waals surface area contributed by atoms with E-state index in [1.54, 1.807) is 11.0 Å². The van der Waals surface area contributed by atoms with Crippen LogP contribution in [0.3, 0.4) is 0 Å². The molecule has 1 rings (SSSR count). The van der Waals surface area contributed by atoms with Crippen LogP contribution in [0.4, 0.5) is 0 Å². The third-order valence-corrected chi connectivity index (χ3v) is 3.59. The highest BCUT2D eigenvalue weighted by molar-refractivity contribution is 6.30. The molecule has 0 bridgehead atoms. The summed E-state index contributed by atoms with van der Waals surface area (Å²) in [6, 6.07) is 7.08. The lowest BCUT2D eigenvalue weighted by Crippen LogP contribution is -2.46. The van der Waals surface area contributed by atoms with Crippen LogP contribution in [0, 0.1) is 5.92 Å². The van der Waals surface area contributed by atoms with Gasteiger partial charge in [-0.2, -0.15) is 0 Å². The van der Waals surface area contributed by atoms with Gasteiger partial charge in [0.1, 0.15) is 0 Å².